The summed E-state index contributed by atoms with van der Waals surface area (Å²) < 4.78 is 0. The van der Waals surface area contributed by atoms with E-state index in [0.717, 1.165) is 28.1 Å². The van der Waals surface area contributed by atoms with Crippen LogP contribution in [-0.4, -0.2) is 38.6 Å². The second kappa shape index (κ2) is 6.11. The zero-order valence-electron chi connectivity index (χ0n) is 11.3. The number of hydrogen-bond donors (Lipinski definition) is 3. The zero-order valence-corrected chi connectivity index (χ0v) is 12.0. The summed E-state index contributed by atoms with van der Waals surface area (Å²) in [5.41, 5.74) is 3.67. The molecule has 0 aliphatic rings. The topological polar surface area (TPSA) is 73.8 Å². The molecule has 3 aromatic rings. The van der Waals surface area contributed by atoms with Crippen LogP contribution in [0.5, 0.6) is 0 Å². The average molecular weight is 303 g/mol. The highest BCUT2D eigenvalue weighted by molar-refractivity contribution is 6.18. The Balaban J connectivity index is 1.85. The van der Waals surface area contributed by atoms with Gasteiger partial charge in [0.2, 0.25) is 0 Å². The number of fused-ring (bicyclic) bond motifs is 1. The minimum Gasteiger partial charge on any atom is -0.390 e. The molecule has 0 radical (unpaired) electrons. The monoisotopic (exact) mass is 302 g/mol. The predicted molar refractivity (Wildman–Crippen MR) is 84.5 cm³/mol. The first-order chi connectivity index (χ1) is 10.3. The number of imidazole rings is 1. The van der Waals surface area contributed by atoms with Gasteiger partial charge < -0.3 is 15.4 Å². The zero-order chi connectivity index (χ0) is 14.7. The third-order valence-corrected chi connectivity index (χ3v) is 3.49. The standard InChI is InChI=1S/C15H15ClN4O/c16-7-12(21)9-18-11-3-4-13-14(6-11)20-15(19-13)10-2-1-5-17-8-10/h1-6,8,12,18,21H,7,9H2,(H,19,20). The third kappa shape index (κ3) is 3.15. The van der Waals surface area contributed by atoms with Crippen LogP contribution < -0.4 is 5.32 Å². The number of aromatic nitrogens is 3. The molecule has 0 amide bonds. The Hall–Kier alpha value is -2.11. The van der Waals surface area contributed by atoms with Crippen LogP contribution in [0.1, 0.15) is 0 Å². The van der Waals surface area contributed by atoms with E-state index in [1.807, 2.05) is 30.3 Å². The molecule has 0 saturated carbocycles. The number of anilines is 1. The number of nitrogens with one attached hydrogen (secondary N) is 2. The minimum absolute atomic E-state index is 0.213. The lowest BCUT2D eigenvalue weighted by molar-refractivity contribution is 0.211. The van der Waals surface area contributed by atoms with Gasteiger partial charge in [-0.1, -0.05) is 0 Å². The van der Waals surface area contributed by atoms with Gasteiger partial charge in [-0.2, -0.15) is 0 Å². The van der Waals surface area contributed by atoms with Crippen LogP contribution in [-0.2, 0) is 0 Å². The van der Waals surface area contributed by atoms with Crippen molar-refractivity contribution < 1.29 is 5.11 Å². The van der Waals surface area contributed by atoms with Crippen molar-refractivity contribution in [3.8, 4) is 11.4 Å². The maximum atomic E-state index is 9.46. The first-order valence-corrected chi connectivity index (χ1v) is 7.18. The molecule has 3 N–H and O–H groups in total. The SMILES string of the molecule is OC(CCl)CNc1ccc2nc(-c3cccnc3)[nH]c2c1. The molecular formula is C15H15ClN4O. The summed E-state index contributed by atoms with van der Waals surface area (Å²) >= 11 is 5.57. The van der Waals surface area contributed by atoms with E-state index in [2.05, 4.69) is 20.3 Å². The van der Waals surface area contributed by atoms with Crippen molar-refractivity contribution in [2.24, 2.45) is 0 Å². The van der Waals surface area contributed by atoms with E-state index in [4.69, 9.17) is 11.6 Å². The van der Waals surface area contributed by atoms with Crippen LogP contribution in [0.3, 0.4) is 0 Å². The third-order valence-electron chi connectivity index (χ3n) is 3.14. The summed E-state index contributed by atoms with van der Waals surface area (Å²) in [6, 6.07) is 9.66. The summed E-state index contributed by atoms with van der Waals surface area (Å²) in [6.45, 7) is 0.415. The van der Waals surface area contributed by atoms with Crippen LogP contribution in [0.15, 0.2) is 42.7 Å². The largest absolute Gasteiger partial charge is 0.390 e. The van der Waals surface area contributed by atoms with Crippen molar-refractivity contribution in [2.75, 3.05) is 17.7 Å². The van der Waals surface area contributed by atoms with E-state index in [9.17, 15) is 5.11 Å². The van der Waals surface area contributed by atoms with Crippen molar-refractivity contribution in [1.82, 2.24) is 15.0 Å². The molecule has 108 valence electrons. The summed E-state index contributed by atoms with van der Waals surface area (Å²) in [4.78, 5) is 11.9. The molecule has 0 saturated heterocycles. The fraction of sp³-hybridized carbons (Fsp3) is 0.200. The summed E-state index contributed by atoms with van der Waals surface area (Å²) in [6.07, 6.45) is 2.94. The molecule has 2 aromatic heterocycles. The van der Waals surface area contributed by atoms with Gasteiger partial charge in [-0.15, -0.1) is 11.6 Å². The van der Waals surface area contributed by atoms with Gasteiger partial charge in [0.25, 0.3) is 0 Å². The molecule has 1 aromatic carbocycles. The van der Waals surface area contributed by atoms with Gasteiger partial charge in [0.1, 0.15) is 5.82 Å². The minimum atomic E-state index is -0.560. The molecule has 0 fully saturated rings. The number of H-pyrrole nitrogens is 1. The van der Waals surface area contributed by atoms with Gasteiger partial charge >= 0.3 is 0 Å². The van der Waals surface area contributed by atoms with Crippen LogP contribution in [0, 0.1) is 0 Å². The Kier molecular flexibility index (Phi) is 4.03. The van der Waals surface area contributed by atoms with Crippen molar-refractivity contribution in [1.29, 1.82) is 0 Å². The van der Waals surface area contributed by atoms with E-state index >= 15 is 0 Å². The fourth-order valence-electron chi connectivity index (χ4n) is 2.05. The number of benzene rings is 1. The number of aliphatic hydroxyl groups excluding tert-OH is 1. The highest BCUT2D eigenvalue weighted by atomic mass is 35.5. The number of aromatic amines is 1. The fourth-order valence-corrected chi connectivity index (χ4v) is 2.16. The smallest absolute Gasteiger partial charge is 0.140 e. The molecule has 5 nitrogen and oxygen atoms in total. The Morgan fingerprint density at radius 1 is 1.33 bits per heavy atom. The molecule has 1 unspecified atom stereocenters. The van der Waals surface area contributed by atoms with Gasteiger partial charge in [-0.05, 0) is 30.3 Å². The Morgan fingerprint density at radius 3 is 3.00 bits per heavy atom. The second-order valence-corrected chi connectivity index (χ2v) is 5.06. The first kappa shape index (κ1) is 13.9. The van der Waals surface area contributed by atoms with Crippen LogP contribution in [0.4, 0.5) is 5.69 Å². The van der Waals surface area contributed by atoms with Crippen molar-refractivity contribution in [2.45, 2.75) is 6.10 Å². The number of rotatable bonds is 5. The summed E-state index contributed by atoms with van der Waals surface area (Å²) in [7, 11) is 0. The molecule has 0 aliphatic heterocycles. The predicted octanol–water partition coefficient (Wildman–Crippen LogP) is 2.64. The van der Waals surface area contributed by atoms with Crippen molar-refractivity contribution in [3.05, 3.63) is 42.7 Å². The number of alkyl halides is 1. The molecule has 3 rings (SSSR count). The maximum Gasteiger partial charge on any atom is 0.140 e. The quantitative estimate of drug-likeness (QED) is 0.633. The summed E-state index contributed by atoms with van der Waals surface area (Å²) in [5, 5.41) is 12.6. The number of halogens is 1. The number of pyridine rings is 1. The van der Waals surface area contributed by atoms with Crippen molar-refractivity contribution >= 4 is 28.3 Å². The first-order valence-electron chi connectivity index (χ1n) is 6.64. The second-order valence-electron chi connectivity index (χ2n) is 4.75. The molecular weight excluding hydrogens is 288 g/mol. The molecule has 0 aliphatic carbocycles. The summed E-state index contributed by atoms with van der Waals surface area (Å²) in [5.74, 6) is 1.00. The van der Waals surface area contributed by atoms with Crippen LogP contribution in [0.2, 0.25) is 0 Å². The lowest BCUT2D eigenvalue weighted by Crippen LogP contribution is -2.20. The molecule has 0 bridgehead atoms. The Labute approximate surface area is 127 Å². The van der Waals surface area contributed by atoms with Crippen LogP contribution >= 0.6 is 11.6 Å². The van der Waals surface area contributed by atoms with Gasteiger partial charge in [-0.25, -0.2) is 4.98 Å². The average Bonchev–Trinajstić information content (AvgIpc) is 2.96. The Morgan fingerprint density at radius 2 is 2.24 bits per heavy atom. The lowest BCUT2D eigenvalue weighted by atomic mass is 10.2. The van der Waals surface area contributed by atoms with E-state index < -0.39 is 6.10 Å². The highest BCUT2D eigenvalue weighted by Gasteiger charge is 2.07. The van der Waals surface area contributed by atoms with Gasteiger partial charge in [0.15, 0.2) is 0 Å². The normalized spacial score (nSPS) is 12.5. The highest BCUT2D eigenvalue weighted by Crippen LogP contribution is 2.22. The maximum absolute atomic E-state index is 9.46. The van der Waals surface area contributed by atoms with E-state index in [0.29, 0.717) is 6.54 Å². The number of aliphatic hydroxyl groups is 1. The Bertz CT molecular complexity index is 729. The van der Waals surface area contributed by atoms with E-state index in [1.54, 1.807) is 12.4 Å². The number of hydrogen-bond acceptors (Lipinski definition) is 4. The lowest BCUT2D eigenvalue weighted by Gasteiger charge is -2.09. The van der Waals surface area contributed by atoms with E-state index in [-0.39, 0.29) is 5.88 Å². The molecule has 2 heterocycles. The number of nitrogens with zero attached hydrogens (tertiary/aromatic N) is 2. The van der Waals surface area contributed by atoms with Gasteiger partial charge in [0.05, 0.1) is 23.0 Å². The molecule has 6 heteroatoms. The molecule has 21 heavy (non-hydrogen) atoms. The van der Waals surface area contributed by atoms with Gasteiger partial charge in [-0.3, -0.25) is 4.98 Å². The van der Waals surface area contributed by atoms with Crippen LogP contribution in [0.25, 0.3) is 22.4 Å². The van der Waals surface area contributed by atoms with Gasteiger partial charge in [0, 0.05) is 30.2 Å². The molecule has 1 atom stereocenters. The van der Waals surface area contributed by atoms with Crippen molar-refractivity contribution in [3.63, 3.8) is 0 Å². The van der Waals surface area contributed by atoms with E-state index in [1.165, 1.54) is 0 Å². The molecule has 0 spiro atoms.